The van der Waals surface area contributed by atoms with Crippen LogP contribution in [0.1, 0.15) is 0 Å². The zero-order valence-electron chi connectivity index (χ0n) is 29.3. The van der Waals surface area contributed by atoms with Crippen molar-refractivity contribution in [1.82, 2.24) is 24.1 Å². The lowest BCUT2D eigenvalue weighted by atomic mass is 10.2. The van der Waals surface area contributed by atoms with E-state index in [2.05, 4.69) is 51.4 Å². The molecule has 266 valence electrons. The Balaban J connectivity index is 1.14. The minimum Gasteiger partial charge on any atom is -0.395 e. The van der Waals surface area contributed by atoms with Gasteiger partial charge in [-0.25, -0.2) is 18.3 Å². The maximum atomic E-state index is 9.66. The number of aliphatic hydroxyl groups excluding tert-OH is 2. The Morgan fingerprint density at radius 2 is 0.962 bits per heavy atom. The zero-order chi connectivity index (χ0) is 36.5. The monoisotopic (exact) mass is 703 g/mol. The van der Waals surface area contributed by atoms with Crippen LogP contribution in [0.15, 0.2) is 118 Å². The number of benzene rings is 3. The summed E-state index contributed by atoms with van der Waals surface area (Å²) >= 11 is 0. The third kappa shape index (κ3) is 8.95. The molecule has 0 spiro atoms. The van der Waals surface area contributed by atoms with Crippen LogP contribution in [0.25, 0.3) is 0 Å². The van der Waals surface area contributed by atoms with E-state index in [0.29, 0.717) is 17.6 Å². The lowest BCUT2D eigenvalue weighted by Gasteiger charge is -2.21. The number of aromatic nitrogens is 7. The first-order chi connectivity index (χ1) is 25.3. The molecule has 0 aliphatic rings. The van der Waals surface area contributed by atoms with E-state index in [0.717, 1.165) is 34.4 Å². The molecule has 3 heterocycles. The Morgan fingerprint density at radius 1 is 0.577 bits per heavy atom. The number of aryl methyl sites for hydroxylation is 4. The molecule has 0 fully saturated rings. The normalized spacial score (nSPS) is 11.4. The molecule has 0 aliphatic heterocycles. The number of hydrogen-bond donors (Lipinski definition) is 5. The molecule has 0 atom stereocenters. The van der Waals surface area contributed by atoms with Gasteiger partial charge >= 0.3 is 11.9 Å². The summed E-state index contributed by atoms with van der Waals surface area (Å²) in [5.74, 6) is 2.31. The van der Waals surface area contributed by atoms with Gasteiger partial charge in [0.15, 0.2) is 0 Å². The average molecular weight is 704 g/mol. The molecule has 3 aromatic carbocycles. The van der Waals surface area contributed by atoms with Gasteiger partial charge < -0.3 is 31.1 Å². The van der Waals surface area contributed by atoms with Gasteiger partial charge in [-0.15, -0.1) is 0 Å². The Bertz CT molecular complexity index is 2100. The number of anilines is 7. The van der Waals surface area contributed by atoms with Gasteiger partial charge in [-0.2, -0.15) is 15.0 Å². The fourth-order valence-corrected chi connectivity index (χ4v) is 5.11. The minimum atomic E-state index is -0.137. The SMILES string of the molecule is Cn1cc[n+](C)c1N=Nc1ccc(Nc2ccc(Nc3nc(Nc4ccc(N=Nc5n(C)cc[n+]5C)cc4)nc(N(CCO)CCO)n3)cc2)cc1. The van der Waals surface area contributed by atoms with E-state index in [1.54, 1.807) is 4.90 Å². The second kappa shape index (κ2) is 16.4. The molecule has 0 saturated heterocycles. The summed E-state index contributed by atoms with van der Waals surface area (Å²) in [6.45, 7) is 0.194. The summed E-state index contributed by atoms with van der Waals surface area (Å²) in [6.07, 6.45) is 7.67. The predicted octanol–water partition coefficient (Wildman–Crippen LogP) is 5.05. The fraction of sp³-hybridized carbons (Fsp3) is 0.229. The van der Waals surface area contributed by atoms with Crippen LogP contribution in [0.4, 0.5) is 63.9 Å². The maximum Gasteiger partial charge on any atom is 0.421 e. The van der Waals surface area contributed by atoms with Crippen LogP contribution in [0.2, 0.25) is 0 Å². The van der Waals surface area contributed by atoms with Crippen molar-refractivity contribution in [3.05, 3.63) is 97.6 Å². The summed E-state index contributed by atoms with van der Waals surface area (Å²) in [5.41, 5.74) is 4.67. The van der Waals surface area contributed by atoms with Crippen molar-refractivity contribution in [3.63, 3.8) is 0 Å². The van der Waals surface area contributed by atoms with Gasteiger partial charge in [0.1, 0.15) is 11.4 Å². The molecule has 0 saturated carbocycles. The van der Waals surface area contributed by atoms with E-state index in [1.807, 2.05) is 144 Å². The fourth-order valence-electron chi connectivity index (χ4n) is 5.11. The van der Waals surface area contributed by atoms with Crippen molar-refractivity contribution in [2.75, 3.05) is 47.2 Å². The largest absolute Gasteiger partial charge is 0.421 e. The van der Waals surface area contributed by atoms with Gasteiger partial charge in [-0.3, -0.25) is 0 Å². The highest BCUT2D eigenvalue weighted by molar-refractivity contribution is 5.66. The molecule has 17 heteroatoms. The summed E-state index contributed by atoms with van der Waals surface area (Å²) in [7, 11) is 7.67. The van der Waals surface area contributed by atoms with E-state index < -0.39 is 0 Å². The van der Waals surface area contributed by atoms with E-state index in [-0.39, 0.29) is 38.2 Å². The standard InChI is InChI=1S/C35H39N15O2/c1-46-17-18-47(2)34(46)44-42-29-13-9-26(10-14-29)36-25-5-7-27(8-6-25)37-31-39-32(41-33(40-31)50(21-23-51)22-24-52)38-28-11-15-30(16-12-28)43-45-35-48(3)19-20-49(35)4/h5-20,51-52H,21-24H2,1-4H3,(H,37,39,40,41,42)/p+2. The quantitative estimate of drug-likeness (QED) is 0.0721. The maximum absolute atomic E-state index is 9.66. The molecule has 0 bridgehead atoms. The summed E-state index contributed by atoms with van der Waals surface area (Å²) in [5, 5.41) is 46.6. The second-order valence-electron chi connectivity index (χ2n) is 11.8. The molecule has 0 amide bonds. The zero-order valence-corrected chi connectivity index (χ0v) is 29.3. The van der Waals surface area contributed by atoms with Crippen LogP contribution in [0.3, 0.4) is 0 Å². The van der Waals surface area contributed by atoms with Crippen molar-refractivity contribution in [2.45, 2.75) is 0 Å². The smallest absolute Gasteiger partial charge is 0.395 e. The highest BCUT2D eigenvalue weighted by Crippen LogP contribution is 2.26. The van der Waals surface area contributed by atoms with Gasteiger partial charge in [0.25, 0.3) is 0 Å². The molecule has 0 aliphatic carbocycles. The van der Waals surface area contributed by atoms with Crippen LogP contribution in [0.5, 0.6) is 0 Å². The number of aliphatic hydroxyl groups is 2. The van der Waals surface area contributed by atoms with E-state index in [9.17, 15) is 10.2 Å². The van der Waals surface area contributed by atoms with E-state index in [1.165, 1.54) is 0 Å². The Labute approximate surface area is 300 Å². The van der Waals surface area contributed by atoms with Gasteiger partial charge in [0.05, 0.1) is 66.2 Å². The highest BCUT2D eigenvalue weighted by atomic mass is 16.3. The molecule has 17 nitrogen and oxygen atoms in total. The van der Waals surface area contributed by atoms with Gasteiger partial charge in [-0.05, 0) is 72.8 Å². The molecule has 52 heavy (non-hydrogen) atoms. The van der Waals surface area contributed by atoms with Crippen LogP contribution < -0.4 is 30.0 Å². The second-order valence-corrected chi connectivity index (χ2v) is 11.8. The molecule has 3 aromatic heterocycles. The molecule has 6 aromatic rings. The van der Waals surface area contributed by atoms with Gasteiger partial charge in [-0.1, -0.05) is 10.2 Å². The number of rotatable bonds is 15. The van der Waals surface area contributed by atoms with Crippen molar-refractivity contribution in [1.29, 1.82) is 0 Å². The molecule has 5 N–H and O–H groups in total. The Hall–Kier alpha value is -6.59. The first-order valence-electron chi connectivity index (χ1n) is 16.5. The summed E-state index contributed by atoms with van der Waals surface area (Å²) in [4.78, 5) is 15.5. The lowest BCUT2D eigenvalue weighted by Crippen LogP contribution is -2.31. The van der Waals surface area contributed by atoms with Crippen LogP contribution in [-0.2, 0) is 28.2 Å². The molecular formula is C35H41N15O2+2. The first-order valence-corrected chi connectivity index (χ1v) is 16.5. The van der Waals surface area contributed by atoms with Crippen LogP contribution in [0, 0.1) is 0 Å². The predicted molar refractivity (Wildman–Crippen MR) is 197 cm³/mol. The molecule has 6 rings (SSSR count). The Morgan fingerprint density at radius 3 is 1.33 bits per heavy atom. The first kappa shape index (κ1) is 35.2. The molecule has 0 unspecified atom stereocenters. The van der Waals surface area contributed by atoms with Gasteiger partial charge in [0.2, 0.25) is 17.8 Å². The molecular weight excluding hydrogens is 662 g/mol. The third-order valence-corrected chi connectivity index (χ3v) is 7.87. The number of azo groups is 2. The van der Waals surface area contributed by atoms with Crippen molar-refractivity contribution in [3.8, 4) is 0 Å². The molecule has 0 radical (unpaired) electrons. The van der Waals surface area contributed by atoms with E-state index >= 15 is 0 Å². The van der Waals surface area contributed by atoms with Crippen molar-refractivity contribution < 1.29 is 19.3 Å². The highest BCUT2D eigenvalue weighted by Gasteiger charge is 2.15. The average Bonchev–Trinajstić information content (AvgIpc) is 3.65. The number of nitrogens with zero attached hydrogens (tertiary/aromatic N) is 12. The van der Waals surface area contributed by atoms with Crippen molar-refractivity contribution >= 4 is 63.9 Å². The summed E-state index contributed by atoms with van der Waals surface area (Å²) < 4.78 is 7.57. The van der Waals surface area contributed by atoms with Crippen LogP contribution in [-0.4, -0.2) is 60.6 Å². The number of imidazole rings is 2. The van der Waals surface area contributed by atoms with Gasteiger partial charge in [0, 0.05) is 46.1 Å². The van der Waals surface area contributed by atoms with E-state index in [4.69, 9.17) is 0 Å². The third-order valence-electron chi connectivity index (χ3n) is 7.87. The summed E-state index contributed by atoms with van der Waals surface area (Å²) in [6, 6.07) is 22.7. The van der Waals surface area contributed by atoms with Crippen molar-refractivity contribution in [2.24, 2.45) is 48.6 Å². The minimum absolute atomic E-state index is 0.137. The van der Waals surface area contributed by atoms with Crippen LogP contribution >= 0.6 is 0 Å². The topological polar surface area (TPSA) is 186 Å². The lowest BCUT2D eigenvalue weighted by molar-refractivity contribution is -0.657. The number of hydrogen-bond acceptors (Lipinski definition) is 13. The number of nitrogens with one attached hydrogen (secondary N) is 3. The Kier molecular flexibility index (Phi) is 11.1.